The monoisotopic (exact) mass is 490 g/mol. The maximum atomic E-state index is 14.9. The minimum atomic E-state index is -0.388. The Hall–Kier alpha value is -3.62. The van der Waals surface area contributed by atoms with E-state index in [2.05, 4.69) is 15.1 Å². The van der Waals surface area contributed by atoms with E-state index in [4.69, 9.17) is 21.3 Å². The molecule has 0 atom stereocenters. The zero-order chi connectivity index (χ0) is 24.7. The minimum absolute atomic E-state index is 0.245. The highest BCUT2D eigenvalue weighted by atomic mass is 35.5. The lowest BCUT2D eigenvalue weighted by Gasteiger charge is -2.22. The van der Waals surface area contributed by atoms with Crippen LogP contribution in [0.3, 0.4) is 0 Å². The predicted octanol–water partition coefficient (Wildman–Crippen LogP) is 6.13. The van der Waals surface area contributed by atoms with Gasteiger partial charge in [-0.3, -0.25) is 0 Å². The summed E-state index contributed by atoms with van der Waals surface area (Å²) in [5.41, 5.74) is 3.11. The number of ether oxygens (including phenoxy) is 1. The van der Waals surface area contributed by atoms with Gasteiger partial charge in [-0.05, 0) is 57.2 Å². The summed E-state index contributed by atoms with van der Waals surface area (Å²) in [6, 6.07) is 12.6. The lowest BCUT2D eigenvalue weighted by molar-refractivity contribution is -0.0409. The lowest BCUT2D eigenvalue weighted by atomic mass is 10.1. The first-order valence-electron chi connectivity index (χ1n) is 11.1. The fourth-order valence-corrected chi connectivity index (χ4v) is 4.19. The summed E-state index contributed by atoms with van der Waals surface area (Å²) in [6.45, 7) is 6.19. The highest BCUT2D eigenvalue weighted by Crippen LogP contribution is 2.36. The standard InChI is InChI=1S/C26H24ClFN6O/c1-26(2,3)35-15-34-21-9-8-16(25-31-24(32-33(25)4)18-12-29-14-30-13-18)10-17(21)11-22(34)23-19(27)6-5-7-20(23)28/h5-14H,15H2,1-4H3. The van der Waals surface area contributed by atoms with Gasteiger partial charge in [-0.25, -0.2) is 24.0 Å². The van der Waals surface area contributed by atoms with Crippen molar-refractivity contribution in [2.24, 2.45) is 7.05 Å². The molecule has 2 aromatic carbocycles. The first kappa shape index (κ1) is 23.1. The van der Waals surface area contributed by atoms with E-state index in [9.17, 15) is 4.39 Å². The number of hydrogen-bond donors (Lipinski definition) is 0. The van der Waals surface area contributed by atoms with E-state index in [0.29, 0.717) is 27.9 Å². The molecule has 0 saturated carbocycles. The highest BCUT2D eigenvalue weighted by molar-refractivity contribution is 6.33. The number of nitrogens with zero attached hydrogens (tertiary/aromatic N) is 6. The predicted molar refractivity (Wildman–Crippen MR) is 134 cm³/mol. The molecule has 0 bridgehead atoms. The third-order valence-electron chi connectivity index (χ3n) is 5.59. The van der Waals surface area contributed by atoms with Crippen LogP contribution in [0.4, 0.5) is 4.39 Å². The van der Waals surface area contributed by atoms with Gasteiger partial charge in [0, 0.05) is 30.4 Å². The fraction of sp³-hybridized carbons (Fsp3) is 0.231. The van der Waals surface area contributed by atoms with Gasteiger partial charge in [0.25, 0.3) is 0 Å². The Labute approximate surface area is 207 Å². The second kappa shape index (κ2) is 8.87. The van der Waals surface area contributed by atoms with Crippen molar-refractivity contribution in [2.75, 3.05) is 0 Å². The van der Waals surface area contributed by atoms with Crippen LogP contribution in [0, 0.1) is 5.82 Å². The fourth-order valence-electron chi connectivity index (χ4n) is 3.93. The van der Waals surface area contributed by atoms with Gasteiger partial charge >= 0.3 is 0 Å². The van der Waals surface area contributed by atoms with E-state index in [1.165, 1.54) is 12.4 Å². The molecule has 0 aliphatic heterocycles. The van der Waals surface area contributed by atoms with Crippen LogP contribution in [-0.4, -0.2) is 34.9 Å². The molecule has 0 aliphatic rings. The molecular weight excluding hydrogens is 467 g/mol. The van der Waals surface area contributed by atoms with Crippen LogP contribution in [0.15, 0.2) is 61.2 Å². The molecule has 0 amide bonds. The number of aryl methyl sites for hydroxylation is 1. The van der Waals surface area contributed by atoms with Crippen LogP contribution in [0.2, 0.25) is 5.02 Å². The molecule has 0 spiro atoms. The number of fused-ring (bicyclic) bond motifs is 1. The van der Waals surface area contributed by atoms with Crippen molar-refractivity contribution in [3.8, 4) is 34.0 Å². The number of aromatic nitrogens is 6. The summed E-state index contributed by atoms with van der Waals surface area (Å²) in [6.07, 6.45) is 4.82. The maximum Gasteiger partial charge on any atom is 0.184 e. The second-order valence-electron chi connectivity index (χ2n) is 9.22. The van der Waals surface area contributed by atoms with Crippen LogP contribution in [0.5, 0.6) is 0 Å². The van der Waals surface area contributed by atoms with Gasteiger partial charge in [0.05, 0.1) is 33.0 Å². The zero-order valence-electron chi connectivity index (χ0n) is 19.8. The lowest BCUT2D eigenvalue weighted by Crippen LogP contribution is -2.21. The van der Waals surface area contributed by atoms with Gasteiger partial charge in [0.1, 0.15) is 18.9 Å². The van der Waals surface area contributed by atoms with Crippen LogP contribution in [-0.2, 0) is 18.5 Å². The molecule has 7 nitrogen and oxygen atoms in total. The van der Waals surface area contributed by atoms with E-state index in [1.807, 2.05) is 56.7 Å². The molecule has 0 aliphatic carbocycles. The minimum Gasteiger partial charge on any atom is -0.355 e. The Bertz CT molecular complexity index is 1500. The summed E-state index contributed by atoms with van der Waals surface area (Å²) in [7, 11) is 1.84. The Balaban J connectivity index is 1.64. The molecule has 3 aromatic heterocycles. The van der Waals surface area contributed by atoms with Crippen molar-refractivity contribution in [3.63, 3.8) is 0 Å². The van der Waals surface area contributed by atoms with Gasteiger partial charge in [-0.15, -0.1) is 0 Å². The maximum absolute atomic E-state index is 14.9. The molecule has 0 fully saturated rings. The van der Waals surface area contributed by atoms with Crippen molar-refractivity contribution in [3.05, 3.63) is 72.0 Å². The molecule has 5 rings (SSSR count). The van der Waals surface area contributed by atoms with Gasteiger partial charge in [0.15, 0.2) is 11.6 Å². The number of hydrogen-bond acceptors (Lipinski definition) is 5. The number of halogens is 2. The van der Waals surface area contributed by atoms with Crippen molar-refractivity contribution in [2.45, 2.75) is 33.1 Å². The van der Waals surface area contributed by atoms with Crippen molar-refractivity contribution in [1.29, 1.82) is 0 Å². The Morgan fingerprint density at radius 2 is 1.80 bits per heavy atom. The summed E-state index contributed by atoms with van der Waals surface area (Å²) in [4.78, 5) is 12.8. The van der Waals surface area contributed by atoms with Crippen molar-refractivity contribution in [1.82, 2.24) is 29.3 Å². The van der Waals surface area contributed by atoms with Crippen LogP contribution in [0.25, 0.3) is 44.9 Å². The van der Waals surface area contributed by atoms with Crippen molar-refractivity contribution < 1.29 is 9.13 Å². The summed E-state index contributed by atoms with van der Waals surface area (Å²) in [5.74, 6) is 0.841. The Morgan fingerprint density at radius 3 is 2.51 bits per heavy atom. The molecule has 35 heavy (non-hydrogen) atoms. The smallest absolute Gasteiger partial charge is 0.184 e. The molecule has 9 heteroatoms. The summed E-state index contributed by atoms with van der Waals surface area (Å²) in [5, 5.41) is 5.77. The van der Waals surface area contributed by atoms with E-state index in [-0.39, 0.29) is 18.1 Å². The molecule has 0 saturated heterocycles. The van der Waals surface area contributed by atoms with E-state index >= 15 is 0 Å². The van der Waals surface area contributed by atoms with Gasteiger partial charge < -0.3 is 9.30 Å². The molecule has 0 N–H and O–H groups in total. The van der Waals surface area contributed by atoms with Crippen LogP contribution < -0.4 is 0 Å². The Kier molecular flexibility index (Phi) is 5.86. The SMILES string of the molecule is Cn1nc(-c2cncnc2)nc1-c1ccc2c(c1)cc(-c1c(F)cccc1Cl)n2COC(C)(C)C. The molecule has 0 unspecified atom stereocenters. The van der Waals surface area contributed by atoms with Gasteiger partial charge in [0.2, 0.25) is 0 Å². The molecule has 3 heterocycles. The zero-order valence-corrected chi connectivity index (χ0v) is 20.6. The van der Waals surface area contributed by atoms with Gasteiger partial charge in [-0.1, -0.05) is 17.7 Å². The first-order valence-corrected chi connectivity index (χ1v) is 11.5. The third kappa shape index (κ3) is 4.54. The van der Waals surface area contributed by atoms with Gasteiger partial charge in [-0.2, -0.15) is 5.10 Å². The highest BCUT2D eigenvalue weighted by Gasteiger charge is 2.20. The van der Waals surface area contributed by atoms with Crippen LogP contribution >= 0.6 is 11.6 Å². The second-order valence-corrected chi connectivity index (χ2v) is 9.63. The van der Waals surface area contributed by atoms with Crippen molar-refractivity contribution >= 4 is 22.5 Å². The molecule has 0 radical (unpaired) electrons. The first-order chi connectivity index (χ1) is 16.7. The molecular formula is C26H24ClFN6O. The third-order valence-corrected chi connectivity index (χ3v) is 5.90. The summed E-state index contributed by atoms with van der Waals surface area (Å²) >= 11 is 6.44. The normalized spacial score (nSPS) is 11.9. The van der Waals surface area contributed by atoms with E-state index in [1.54, 1.807) is 29.2 Å². The average Bonchev–Trinajstić information content (AvgIpc) is 3.37. The summed E-state index contributed by atoms with van der Waals surface area (Å²) < 4.78 is 24.6. The Morgan fingerprint density at radius 1 is 1.03 bits per heavy atom. The molecule has 5 aromatic rings. The van der Waals surface area contributed by atoms with E-state index < -0.39 is 0 Å². The largest absolute Gasteiger partial charge is 0.355 e. The average molecular weight is 491 g/mol. The number of benzene rings is 2. The molecule has 178 valence electrons. The van der Waals surface area contributed by atoms with E-state index in [0.717, 1.165) is 22.0 Å². The van der Waals surface area contributed by atoms with Crippen LogP contribution in [0.1, 0.15) is 20.8 Å². The quantitative estimate of drug-likeness (QED) is 0.296. The topological polar surface area (TPSA) is 70.7 Å². The number of rotatable bonds is 5.